The molecule has 4 rings (SSSR count). The van der Waals surface area contributed by atoms with Gasteiger partial charge in [-0.1, -0.05) is 30.3 Å². The molecule has 0 radical (unpaired) electrons. The summed E-state index contributed by atoms with van der Waals surface area (Å²) in [4.78, 5) is 17.9. The van der Waals surface area contributed by atoms with E-state index in [-0.39, 0.29) is 0 Å². The average molecular weight is 342 g/mol. The van der Waals surface area contributed by atoms with Crippen LogP contribution >= 0.6 is 0 Å². The summed E-state index contributed by atoms with van der Waals surface area (Å²) < 4.78 is 5.28. The lowest BCUT2D eigenvalue weighted by molar-refractivity contribution is 0.414. The first kappa shape index (κ1) is 16.1. The van der Waals surface area contributed by atoms with Gasteiger partial charge in [0.1, 0.15) is 12.1 Å². The van der Waals surface area contributed by atoms with Crippen molar-refractivity contribution in [3.63, 3.8) is 0 Å². The second kappa shape index (κ2) is 6.52. The largest absolute Gasteiger partial charge is 0.497 e. The SMILES string of the molecule is COc1ccc([C@]2(c3cccc(-c4cncnc4)c3)N=CC(C)=N2)cc1. The number of benzene rings is 2. The van der Waals surface area contributed by atoms with Gasteiger partial charge in [-0.25, -0.2) is 15.0 Å². The molecule has 0 saturated carbocycles. The van der Waals surface area contributed by atoms with Gasteiger partial charge in [-0.2, -0.15) is 0 Å². The first-order valence-electron chi connectivity index (χ1n) is 8.33. The van der Waals surface area contributed by atoms with E-state index in [1.54, 1.807) is 19.5 Å². The Bertz CT molecular complexity index is 980. The highest BCUT2D eigenvalue weighted by Crippen LogP contribution is 2.39. The number of aliphatic imine (C=N–C) groups is 2. The van der Waals surface area contributed by atoms with Crippen LogP contribution in [0.25, 0.3) is 11.1 Å². The second-order valence-corrected chi connectivity index (χ2v) is 6.12. The summed E-state index contributed by atoms with van der Waals surface area (Å²) in [7, 11) is 1.66. The highest BCUT2D eigenvalue weighted by atomic mass is 16.5. The molecule has 0 N–H and O–H groups in total. The molecule has 26 heavy (non-hydrogen) atoms. The molecule has 5 heteroatoms. The van der Waals surface area contributed by atoms with Crippen LogP contribution in [-0.2, 0) is 5.66 Å². The molecular weight excluding hydrogens is 324 g/mol. The van der Waals surface area contributed by atoms with Crippen LogP contribution in [0.2, 0.25) is 0 Å². The lowest BCUT2D eigenvalue weighted by atomic mass is 9.90. The average Bonchev–Trinajstić information content (AvgIpc) is 3.12. The van der Waals surface area contributed by atoms with Crippen LogP contribution in [0.1, 0.15) is 18.1 Å². The topological polar surface area (TPSA) is 59.7 Å². The normalized spacial score (nSPS) is 18.6. The molecule has 1 aromatic heterocycles. The van der Waals surface area contributed by atoms with Crippen molar-refractivity contribution >= 4 is 11.9 Å². The van der Waals surface area contributed by atoms with Gasteiger partial charge in [0.15, 0.2) is 0 Å². The van der Waals surface area contributed by atoms with Crippen molar-refractivity contribution in [3.05, 3.63) is 78.4 Å². The van der Waals surface area contributed by atoms with Crippen LogP contribution < -0.4 is 4.74 Å². The Morgan fingerprint density at radius 1 is 0.885 bits per heavy atom. The summed E-state index contributed by atoms with van der Waals surface area (Å²) >= 11 is 0. The maximum Gasteiger partial charge on any atom is 0.201 e. The number of ether oxygens (including phenoxy) is 1. The van der Waals surface area contributed by atoms with Crippen LogP contribution in [0.5, 0.6) is 5.75 Å². The highest BCUT2D eigenvalue weighted by Gasteiger charge is 2.36. The smallest absolute Gasteiger partial charge is 0.201 e. The van der Waals surface area contributed by atoms with Crippen molar-refractivity contribution in [2.24, 2.45) is 9.98 Å². The monoisotopic (exact) mass is 342 g/mol. The zero-order chi connectivity index (χ0) is 18.0. The standard InChI is InChI=1S/C21H18N4O/c1-15-11-24-21(25-15,18-6-8-20(26-2)9-7-18)19-5-3-4-16(10-19)17-12-22-14-23-13-17/h3-14H,1-2H3/t21-/m0/s1. The van der Waals surface area contributed by atoms with Crippen molar-refractivity contribution in [1.29, 1.82) is 0 Å². The van der Waals surface area contributed by atoms with Gasteiger partial charge in [-0.3, -0.25) is 4.99 Å². The van der Waals surface area contributed by atoms with E-state index in [2.05, 4.69) is 22.1 Å². The van der Waals surface area contributed by atoms with Gasteiger partial charge in [0.25, 0.3) is 0 Å². The summed E-state index contributed by atoms with van der Waals surface area (Å²) in [6.07, 6.45) is 6.96. The second-order valence-electron chi connectivity index (χ2n) is 6.12. The molecule has 1 aliphatic rings. The maximum atomic E-state index is 5.28. The molecule has 0 amide bonds. The zero-order valence-corrected chi connectivity index (χ0v) is 14.6. The summed E-state index contributed by atoms with van der Waals surface area (Å²) in [6.45, 7) is 1.96. The molecule has 1 aliphatic heterocycles. The molecule has 1 atom stereocenters. The van der Waals surface area contributed by atoms with Crippen LogP contribution in [0, 0.1) is 0 Å². The quantitative estimate of drug-likeness (QED) is 0.722. The Balaban J connectivity index is 1.85. The maximum absolute atomic E-state index is 5.28. The molecule has 0 unspecified atom stereocenters. The van der Waals surface area contributed by atoms with Gasteiger partial charge < -0.3 is 4.74 Å². The molecule has 0 bridgehead atoms. The Kier molecular flexibility index (Phi) is 4.05. The minimum Gasteiger partial charge on any atom is -0.497 e. The Morgan fingerprint density at radius 2 is 1.65 bits per heavy atom. The van der Waals surface area contributed by atoms with Crippen LogP contribution in [0.15, 0.2) is 77.2 Å². The fourth-order valence-corrected chi connectivity index (χ4v) is 3.13. The fourth-order valence-electron chi connectivity index (χ4n) is 3.13. The first-order chi connectivity index (χ1) is 12.7. The molecule has 0 spiro atoms. The minimum atomic E-state index is -0.776. The van der Waals surface area contributed by atoms with Crippen LogP contribution in [-0.4, -0.2) is 29.0 Å². The molecule has 0 aliphatic carbocycles. The van der Waals surface area contributed by atoms with E-state index in [0.717, 1.165) is 33.7 Å². The summed E-state index contributed by atoms with van der Waals surface area (Å²) in [5.41, 5.74) is 4.11. The third kappa shape index (κ3) is 2.77. The number of hydrogen-bond donors (Lipinski definition) is 0. The third-order valence-electron chi connectivity index (χ3n) is 4.43. The molecule has 2 heterocycles. The van der Waals surface area contributed by atoms with Crippen molar-refractivity contribution in [2.45, 2.75) is 12.6 Å². The van der Waals surface area contributed by atoms with E-state index in [9.17, 15) is 0 Å². The van der Waals surface area contributed by atoms with E-state index < -0.39 is 5.66 Å². The van der Waals surface area contributed by atoms with E-state index in [1.807, 2.05) is 49.5 Å². The fraction of sp³-hybridized carbons (Fsp3) is 0.143. The predicted molar refractivity (Wildman–Crippen MR) is 103 cm³/mol. The minimum absolute atomic E-state index is 0.776. The summed E-state index contributed by atoms with van der Waals surface area (Å²) in [6, 6.07) is 16.1. The summed E-state index contributed by atoms with van der Waals surface area (Å²) in [5.74, 6) is 0.807. The lowest BCUT2D eigenvalue weighted by Gasteiger charge is -2.25. The Labute approximate surface area is 152 Å². The summed E-state index contributed by atoms with van der Waals surface area (Å²) in [5, 5.41) is 0. The van der Waals surface area contributed by atoms with Crippen LogP contribution in [0.3, 0.4) is 0 Å². The third-order valence-corrected chi connectivity index (χ3v) is 4.43. The van der Waals surface area contributed by atoms with E-state index >= 15 is 0 Å². The van der Waals surface area contributed by atoms with Gasteiger partial charge in [0.2, 0.25) is 5.66 Å². The number of hydrogen-bond acceptors (Lipinski definition) is 5. The number of methoxy groups -OCH3 is 1. The predicted octanol–water partition coefficient (Wildman–Crippen LogP) is 3.90. The van der Waals surface area contributed by atoms with E-state index in [0.29, 0.717) is 0 Å². The molecule has 128 valence electrons. The molecular formula is C21H18N4O. The molecule has 5 nitrogen and oxygen atoms in total. The lowest BCUT2D eigenvalue weighted by Crippen LogP contribution is -2.21. The highest BCUT2D eigenvalue weighted by molar-refractivity contribution is 6.31. The zero-order valence-electron chi connectivity index (χ0n) is 14.6. The molecule has 0 fully saturated rings. The number of aromatic nitrogens is 2. The van der Waals surface area contributed by atoms with Gasteiger partial charge in [0.05, 0.1) is 12.8 Å². The van der Waals surface area contributed by atoms with Crippen molar-refractivity contribution < 1.29 is 4.74 Å². The molecule has 3 aromatic rings. The molecule has 0 saturated heterocycles. The van der Waals surface area contributed by atoms with Crippen molar-refractivity contribution in [1.82, 2.24) is 9.97 Å². The van der Waals surface area contributed by atoms with Crippen molar-refractivity contribution in [3.8, 4) is 16.9 Å². The van der Waals surface area contributed by atoms with E-state index in [1.165, 1.54) is 6.33 Å². The van der Waals surface area contributed by atoms with E-state index in [4.69, 9.17) is 14.7 Å². The van der Waals surface area contributed by atoms with Crippen molar-refractivity contribution in [2.75, 3.05) is 7.11 Å². The first-order valence-corrected chi connectivity index (χ1v) is 8.33. The van der Waals surface area contributed by atoms with Gasteiger partial charge in [-0.05, 0) is 30.7 Å². The Hall–Kier alpha value is -3.34. The Morgan fingerprint density at radius 3 is 2.31 bits per heavy atom. The van der Waals surface area contributed by atoms with Gasteiger partial charge in [0, 0.05) is 35.3 Å². The molecule has 2 aromatic carbocycles. The van der Waals surface area contributed by atoms with Crippen LogP contribution in [0.4, 0.5) is 0 Å². The van der Waals surface area contributed by atoms with Gasteiger partial charge in [-0.15, -0.1) is 0 Å². The number of rotatable bonds is 4. The number of nitrogens with zero attached hydrogens (tertiary/aromatic N) is 4. The van der Waals surface area contributed by atoms with Gasteiger partial charge >= 0.3 is 0 Å².